The van der Waals surface area contributed by atoms with Crippen LogP contribution in [0, 0.1) is 6.92 Å². The van der Waals surface area contributed by atoms with Crippen molar-refractivity contribution in [3.63, 3.8) is 0 Å². The van der Waals surface area contributed by atoms with Crippen molar-refractivity contribution in [2.75, 3.05) is 0 Å². The zero-order chi connectivity index (χ0) is 14.4. The second kappa shape index (κ2) is 5.38. The third kappa shape index (κ3) is 2.75. The highest BCUT2D eigenvalue weighted by molar-refractivity contribution is 7.11. The van der Waals surface area contributed by atoms with E-state index in [0.717, 1.165) is 17.0 Å². The summed E-state index contributed by atoms with van der Waals surface area (Å²) in [6, 6.07) is 7.25. The molecule has 110 valence electrons. The summed E-state index contributed by atoms with van der Waals surface area (Å²) in [6.45, 7) is 2.05. The van der Waals surface area contributed by atoms with E-state index in [1.807, 2.05) is 18.3 Å². The van der Waals surface area contributed by atoms with Crippen molar-refractivity contribution in [2.24, 2.45) is 0 Å². The molecule has 21 heavy (non-hydrogen) atoms. The Labute approximate surface area is 134 Å². The molecule has 1 aromatic heterocycles. The normalized spacial score (nSPS) is 18.8. The van der Waals surface area contributed by atoms with Crippen LogP contribution in [-0.2, 0) is 12.8 Å². The maximum absolute atomic E-state index is 6.33. The summed E-state index contributed by atoms with van der Waals surface area (Å²) in [6.07, 6.45) is 6.18. The summed E-state index contributed by atoms with van der Waals surface area (Å²) >= 11 is 8.22. The molecule has 2 aliphatic rings. The van der Waals surface area contributed by atoms with E-state index in [9.17, 15) is 0 Å². The van der Waals surface area contributed by atoms with Gasteiger partial charge in [-0.25, -0.2) is 4.98 Å². The van der Waals surface area contributed by atoms with Gasteiger partial charge in [0, 0.05) is 15.9 Å². The molecule has 1 fully saturated rings. The lowest BCUT2D eigenvalue weighted by atomic mass is 10.1. The molecule has 1 aromatic carbocycles. The van der Waals surface area contributed by atoms with E-state index in [0.29, 0.717) is 6.04 Å². The first-order chi connectivity index (χ1) is 10.2. The van der Waals surface area contributed by atoms with E-state index in [1.165, 1.54) is 46.8 Å². The Bertz CT molecular complexity index is 654. The smallest absolute Gasteiger partial charge is 0.115 e. The Kier molecular flexibility index (Phi) is 3.52. The highest BCUT2D eigenvalue weighted by Crippen LogP contribution is 2.36. The van der Waals surface area contributed by atoms with Gasteiger partial charge in [0.1, 0.15) is 5.01 Å². The summed E-state index contributed by atoms with van der Waals surface area (Å²) in [7, 11) is 0. The molecule has 0 aliphatic heterocycles. The Morgan fingerprint density at radius 2 is 2.19 bits per heavy atom. The van der Waals surface area contributed by atoms with E-state index < -0.39 is 0 Å². The predicted octanol–water partition coefficient (Wildman–Crippen LogP) is 4.44. The molecular formula is C17H19ClN2S. The lowest BCUT2D eigenvalue weighted by molar-refractivity contribution is 0.596. The maximum atomic E-state index is 6.33. The molecule has 2 nitrogen and oxygen atoms in total. The van der Waals surface area contributed by atoms with E-state index in [1.54, 1.807) is 0 Å². The first-order valence-electron chi connectivity index (χ1n) is 7.71. The average Bonchev–Trinajstić information content (AvgIpc) is 3.03. The molecule has 1 saturated carbocycles. The zero-order valence-corrected chi connectivity index (χ0v) is 13.7. The Morgan fingerprint density at radius 3 is 2.90 bits per heavy atom. The third-order valence-electron chi connectivity index (χ3n) is 4.37. The van der Waals surface area contributed by atoms with Crippen LogP contribution in [0.1, 0.15) is 52.0 Å². The highest BCUT2D eigenvalue weighted by Gasteiger charge is 2.29. The fourth-order valence-electron chi connectivity index (χ4n) is 2.92. The molecule has 1 unspecified atom stereocenters. The highest BCUT2D eigenvalue weighted by atomic mass is 35.5. The molecule has 0 amide bonds. The average molecular weight is 319 g/mol. The Hall–Kier alpha value is -0.900. The number of halogens is 1. The molecule has 1 atom stereocenters. The third-order valence-corrected chi connectivity index (χ3v) is 6.00. The van der Waals surface area contributed by atoms with E-state index in [2.05, 4.69) is 23.5 Å². The molecular weight excluding hydrogens is 300 g/mol. The minimum Gasteiger partial charge on any atom is -0.301 e. The molecule has 1 N–H and O–H groups in total. The topological polar surface area (TPSA) is 24.9 Å². The van der Waals surface area contributed by atoms with Crippen molar-refractivity contribution >= 4 is 22.9 Å². The van der Waals surface area contributed by atoms with Gasteiger partial charge in [-0.15, -0.1) is 11.3 Å². The van der Waals surface area contributed by atoms with Gasteiger partial charge in [0.15, 0.2) is 0 Å². The zero-order valence-electron chi connectivity index (χ0n) is 12.2. The van der Waals surface area contributed by atoms with Crippen LogP contribution in [0.15, 0.2) is 18.2 Å². The number of aryl methyl sites for hydroxylation is 3. The maximum Gasteiger partial charge on any atom is 0.115 e. The van der Waals surface area contributed by atoms with Crippen molar-refractivity contribution in [1.29, 1.82) is 0 Å². The van der Waals surface area contributed by atoms with Crippen molar-refractivity contribution in [2.45, 2.75) is 51.1 Å². The molecule has 2 aromatic rings. The number of aromatic nitrogens is 1. The largest absolute Gasteiger partial charge is 0.301 e. The molecule has 4 heteroatoms. The van der Waals surface area contributed by atoms with Gasteiger partial charge in [-0.05, 0) is 56.2 Å². The summed E-state index contributed by atoms with van der Waals surface area (Å²) < 4.78 is 0. The van der Waals surface area contributed by atoms with Gasteiger partial charge in [-0.1, -0.05) is 23.7 Å². The number of nitrogens with one attached hydrogen (secondary N) is 1. The van der Waals surface area contributed by atoms with Crippen molar-refractivity contribution in [3.8, 4) is 0 Å². The molecule has 0 bridgehead atoms. The number of fused-ring (bicyclic) bond motifs is 1. The van der Waals surface area contributed by atoms with Gasteiger partial charge in [0.05, 0.1) is 11.7 Å². The summed E-state index contributed by atoms with van der Waals surface area (Å²) in [5, 5.41) is 5.81. The van der Waals surface area contributed by atoms with Gasteiger partial charge in [0.2, 0.25) is 0 Å². The lowest BCUT2D eigenvalue weighted by Gasteiger charge is -2.17. The molecule has 2 aliphatic carbocycles. The van der Waals surface area contributed by atoms with E-state index >= 15 is 0 Å². The van der Waals surface area contributed by atoms with E-state index in [-0.39, 0.29) is 6.04 Å². The van der Waals surface area contributed by atoms with Crippen molar-refractivity contribution in [1.82, 2.24) is 10.3 Å². The van der Waals surface area contributed by atoms with Crippen LogP contribution in [0.25, 0.3) is 0 Å². The number of hydrogen-bond donors (Lipinski definition) is 1. The fourth-order valence-corrected chi connectivity index (χ4v) is 4.35. The van der Waals surface area contributed by atoms with Crippen molar-refractivity contribution < 1.29 is 0 Å². The number of thiazole rings is 1. The van der Waals surface area contributed by atoms with Gasteiger partial charge in [0.25, 0.3) is 0 Å². The van der Waals surface area contributed by atoms with Gasteiger partial charge < -0.3 is 5.32 Å². The monoisotopic (exact) mass is 318 g/mol. The number of nitrogens with zero attached hydrogens (tertiary/aromatic N) is 1. The quantitative estimate of drug-likeness (QED) is 0.901. The molecule has 0 spiro atoms. The summed E-state index contributed by atoms with van der Waals surface area (Å²) in [4.78, 5) is 6.40. The summed E-state index contributed by atoms with van der Waals surface area (Å²) in [5.74, 6) is 0. The minimum atomic E-state index is 0.200. The molecule has 1 heterocycles. The first kappa shape index (κ1) is 13.7. The Morgan fingerprint density at radius 1 is 1.33 bits per heavy atom. The van der Waals surface area contributed by atoms with Crippen LogP contribution in [0.5, 0.6) is 0 Å². The number of hydrogen-bond acceptors (Lipinski definition) is 3. The van der Waals surface area contributed by atoms with Gasteiger partial charge in [-0.2, -0.15) is 0 Å². The standard InChI is InChI=1S/C17H19ClN2S/c1-10-5-6-11(9-13(10)18)16(19-12-7-8-12)17-20-14-3-2-4-15(14)21-17/h5-6,9,12,16,19H,2-4,7-8H2,1H3. The SMILES string of the molecule is Cc1ccc(C(NC2CC2)c2nc3c(s2)CCC3)cc1Cl. The fraction of sp³-hybridized carbons (Fsp3) is 0.471. The Balaban J connectivity index is 1.70. The van der Waals surface area contributed by atoms with Gasteiger partial charge in [-0.3, -0.25) is 0 Å². The first-order valence-corrected chi connectivity index (χ1v) is 8.91. The van der Waals surface area contributed by atoms with Crippen LogP contribution in [0.3, 0.4) is 0 Å². The summed E-state index contributed by atoms with van der Waals surface area (Å²) in [5.41, 5.74) is 3.70. The molecule has 0 radical (unpaired) electrons. The van der Waals surface area contributed by atoms with Gasteiger partial charge >= 0.3 is 0 Å². The van der Waals surface area contributed by atoms with Crippen LogP contribution < -0.4 is 5.32 Å². The second-order valence-electron chi connectivity index (χ2n) is 6.16. The van der Waals surface area contributed by atoms with Crippen LogP contribution in [0.4, 0.5) is 0 Å². The second-order valence-corrected chi connectivity index (χ2v) is 7.68. The lowest BCUT2D eigenvalue weighted by Crippen LogP contribution is -2.24. The number of rotatable bonds is 4. The van der Waals surface area contributed by atoms with Crippen LogP contribution in [0.2, 0.25) is 5.02 Å². The molecule has 0 saturated heterocycles. The van der Waals surface area contributed by atoms with Crippen molar-refractivity contribution in [3.05, 3.63) is 49.9 Å². The molecule has 4 rings (SSSR count). The van der Waals surface area contributed by atoms with Crippen LogP contribution >= 0.6 is 22.9 Å². The number of benzene rings is 1. The minimum absolute atomic E-state index is 0.200. The van der Waals surface area contributed by atoms with E-state index in [4.69, 9.17) is 16.6 Å². The van der Waals surface area contributed by atoms with Crippen LogP contribution in [-0.4, -0.2) is 11.0 Å². The predicted molar refractivity (Wildman–Crippen MR) is 88.3 cm³/mol.